The van der Waals surface area contributed by atoms with E-state index >= 15 is 0 Å². The number of methoxy groups -OCH3 is 2. The second-order valence-corrected chi connectivity index (χ2v) is 8.25. The van der Waals surface area contributed by atoms with E-state index in [9.17, 15) is 10.2 Å². The molecule has 1 heterocycles. The Morgan fingerprint density at radius 3 is 2.09 bits per heavy atom. The van der Waals surface area contributed by atoms with Crippen LogP contribution in [0.15, 0.2) is 36.4 Å². The summed E-state index contributed by atoms with van der Waals surface area (Å²) in [5.74, 6) is 2.77. The van der Waals surface area contributed by atoms with Crippen molar-refractivity contribution in [1.82, 2.24) is 15.0 Å². The number of anilines is 3. The van der Waals surface area contributed by atoms with Gasteiger partial charge in [-0.3, -0.25) is 0 Å². The van der Waals surface area contributed by atoms with E-state index in [1.807, 2.05) is 0 Å². The second kappa shape index (κ2) is 12.6. The molecule has 188 valence electrons. The van der Waals surface area contributed by atoms with Gasteiger partial charge in [-0.05, 0) is 43.2 Å². The highest BCUT2D eigenvalue weighted by Gasteiger charge is 2.16. The van der Waals surface area contributed by atoms with Gasteiger partial charge in [0, 0.05) is 31.1 Å². The average Bonchev–Trinajstić information content (AvgIpc) is 2.86. The fourth-order valence-corrected chi connectivity index (χ4v) is 3.56. The number of ether oxygens (including phenoxy) is 2. The van der Waals surface area contributed by atoms with Gasteiger partial charge in [0.1, 0.15) is 28.8 Å². The molecule has 9 nitrogen and oxygen atoms in total. The molecular formula is C26H35N5O4. The molecule has 35 heavy (non-hydrogen) atoms. The Bertz CT molecular complexity index is 1030. The third-order valence-electron chi connectivity index (χ3n) is 5.60. The van der Waals surface area contributed by atoms with Gasteiger partial charge in [0.05, 0.1) is 19.9 Å². The summed E-state index contributed by atoms with van der Waals surface area (Å²) in [5, 5.41) is 23.9. The molecule has 3 aromatic rings. The molecule has 0 bridgehead atoms. The standard InChI is InChI=1S/C26H35N5O4/c1-5-7-13-31(14-8-6-2)26-29-24(16-18-15-19(34-3)9-11-22(18)32)28-25(30-26)27-21-17-20(35-4)10-12-23(21)33/h9-12,15,17,32-33H,5-8,13-14,16H2,1-4H3,(H,27,28,29,30). The van der Waals surface area contributed by atoms with Crippen LogP contribution in [0.25, 0.3) is 0 Å². The number of phenolic OH excluding ortho intramolecular Hbond substituents is 2. The molecular weight excluding hydrogens is 446 g/mol. The van der Waals surface area contributed by atoms with E-state index in [2.05, 4.69) is 34.0 Å². The molecule has 0 saturated heterocycles. The first-order valence-corrected chi connectivity index (χ1v) is 12.0. The molecule has 1 aromatic heterocycles. The Hall–Kier alpha value is -3.75. The Morgan fingerprint density at radius 2 is 1.46 bits per heavy atom. The second-order valence-electron chi connectivity index (χ2n) is 8.25. The van der Waals surface area contributed by atoms with E-state index in [1.165, 1.54) is 0 Å². The van der Waals surface area contributed by atoms with E-state index in [4.69, 9.17) is 14.5 Å². The number of nitrogens with one attached hydrogen (secondary N) is 1. The summed E-state index contributed by atoms with van der Waals surface area (Å²) < 4.78 is 10.6. The lowest BCUT2D eigenvalue weighted by Gasteiger charge is -2.23. The maximum absolute atomic E-state index is 10.4. The molecule has 9 heteroatoms. The van der Waals surface area contributed by atoms with Gasteiger partial charge in [-0.25, -0.2) is 0 Å². The molecule has 0 aliphatic heterocycles. The van der Waals surface area contributed by atoms with E-state index in [1.54, 1.807) is 50.6 Å². The van der Waals surface area contributed by atoms with Crippen molar-refractivity contribution < 1.29 is 19.7 Å². The third-order valence-corrected chi connectivity index (χ3v) is 5.60. The summed E-state index contributed by atoms with van der Waals surface area (Å²) in [6, 6.07) is 9.97. The van der Waals surface area contributed by atoms with Gasteiger partial charge in [0.15, 0.2) is 0 Å². The lowest BCUT2D eigenvalue weighted by Crippen LogP contribution is -2.28. The number of unbranched alkanes of at least 4 members (excludes halogenated alkanes) is 2. The molecule has 0 unspecified atom stereocenters. The predicted molar refractivity (Wildman–Crippen MR) is 137 cm³/mol. The van der Waals surface area contributed by atoms with Crippen molar-refractivity contribution >= 4 is 17.6 Å². The van der Waals surface area contributed by atoms with Gasteiger partial charge in [-0.2, -0.15) is 15.0 Å². The number of nitrogens with zero attached hydrogens (tertiary/aromatic N) is 4. The van der Waals surface area contributed by atoms with Crippen molar-refractivity contribution in [1.29, 1.82) is 0 Å². The van der Waals surface area contributed by atoms with Crippen LogP contribution in [0, 0.1) is 0 Å². The van der Waals surface area contributed by atoms with Gasteiger partial charge < -0.3 is 29.9 Å². The van der Waals surface area contributed by atoms with Crippen LogP contribution in [-0.2, 0) is 6.42 Å². The van der Waals surface area contributed by atoms with Crippen LogP contribution >= 0.6 is 0 Å². The summed E-state index contributed by atoms with van der Waals surface area (Å²) in [6.07, 6.45) is 4.43. The molecule has 2 aromatic carbocycles. The molecule has 3 rings (SSSR count). The van der Waals surface area contributed by atoms with Crippen molar-refractivity contribution in [3.63, 3.8) is 0 Å². The molecule has 0 aliphatic rings. The normalized spacial score (nSPS) is 10.7. The Kier molecular flexibility index (Phi) is 9.34. The monoisotopic (exact) mass is 481 g/mol. The molecule has 3 N–H and O–H groups in total. The Morgan fingerprint density at radius 1 is 0.829 bits per heavy atom. The van der Waals surface area contributed by atoms with Crippen LogP contribution < -0.4 is 19.7 Å². The van der Waals surface area contributed by atoms with Crippen LogP contribution in [-0.4, -0.2) is 52.5 Å². The smallest absolute Gasteiger partial charge is 0.232 e. The zero-order valence-corrected chi connectivity index (χ0v) is 20.9. The van der Waals surface area contributed by atoms with Gasteiger partial charge in [-0.15, -0.1) is 0 Å². The molecule has 0 aliphatic carbocycles. The summed E-state index contributed by atoms with van der Waals surface area (Å²) in [7, 11) is 3.15. The predicted octanol–water partition coefficient (Wildman–Crippen LogP) is 5.04. The van der Waals surface area contributed by atoms with Crippen molar-refractivity contribution in [2.45, 2.75) is 46.0 Å². The van der Waals surface area contributed by atoms with Crippen LogP contribution in [0.5, 0.6) is 23.0 Å². The molecule has 0 atom stereocenters. The summed E-state index contributed by atoms with van der Waals surface area (Å²) in [4.78, 5) is 16.2. The number of aromatic hydroxyl groups is 2. The average molecular weight is 482 g/mol. The highest BCUT2D eigenvalue weighted by Crippen LogP contribution is 2.31. The van der Waals surface area contributed by atoms with Crippen LogP contribution in [0.2, 0.25) is 0 Å². The molecule has 0 spiro atoms. The fourth-order valence-electron chi connectivity index (χ4n) is 3.56. The first-order valence-electron chi connectivity index (χ1n) is 12.0. The largest absolute Gasteiger partial charge is 0.508 e. The van der Waals surface area contributed by atoms with Crippen molar-refractivity contribution in [2.24, 2.45) is 0 Å². The number of phenols is 2. The van der Waals surface area contributed by atoms with Gasteiger partial charge >= 0.3 is 0 Å². The minimum Gasteiger partial charge on any atom is -0.508 e. The lowest BCUT2D eigenvalue weighted by atomic mass is 10.1. The Labute approximate surface area is 206 Å². The first-order chi connectivity index (χ1) is 17.0. The van der Waals surface area contributed by atoms with Crippen LogP contribution in [0.3, 0.4) is 0 Å². The van der Waals surface area contributed by atoms with Crippen molar-refractivity contribution in [2.75, 3.05) is 37.5 Å². The number of hydrogen-bond acceptors (Lipinski definition) is 9. The van der Waals surface area contributed by atoms with E-state index in [0.29, 0.717) is 40.5 Å². The highest BCUT2D eigenvalue weighted by atomic mass is 16.5. The minimum absolute atomic E-state index is 0.0496. The van der Waals surface area contributed by atoms with Gasteiger partial charge in [0.25, 0.3) is 0 Å². The zero-order chi connectivity index (χ0) is 25.2. The third kappa shape index (κ3) is 7.11. The van der Waals surface area contributed by atoms with Crippen LogP contribution in [0.4, 0.5) is 17.6 Å². The topological polar surface area (TPSA) is 113 Å². The van der Waals surface area contributed by atoms with E-state index in [-0.39, 0.29) is 17.9 Å². The molecule has 0 saturated carbocycles. The molecule has 0 amide bonds. The van der Waals surface area contributed by atoms with Crippen LogP contribution in [0.1, 0.15) is 50.9 Å². The van der Waals surface area contributed by atoms with E-state index < -0.39 is 0 Å². The maximum atomic E-state index is 10.4. The summed E-state index contributed by atoms with van der Waals surface area (Å²) in [5.41, 5.74) is 1.07. The minimum atomic E-state index is 0.0496. The number of hydrogen-bond donors (Lipinski definition) is 3. The number of aromatic nitrogens is 3. The summed E-state index contributed by atoms with van der Waals surface area (Å²) >= 11 is 0. The number of benzene rings is 2. The van der Waals surface area contributed by atoms with E-state index in [0.717, 1.165) is 38.8 Å². The Balaban J connectivity index is 2.02. The lowest BCUT2D eigenvalue weighted by molar-refractivity contribution is 0.411. The van der Waals surface area contributed by atoms with Gasteiger partial charge in [-0.1, -0.05) is 26.7 Å². The van der Waals surface area contributed by atoms with Gasteiger partial charge in [0.2, 0.25) is 11.9 Å². The molecule has 0 fully saturated rings. The zero-order valence-electron chi connectivity index (χ0n) is 20.9. The quantitative estimate of drug-likeness (QED) is 0.289. The first kappa shape index (κ1) is 25.9. The fraction of sp³-hybridized carbons (Fsp3) is 0.423. The molecule has 0 radical (unpaired) electrons. The van der Waals surface area contributed by atoms with Crippen molar-refractivity contribution in [3.8, 4) is 23.0 Å². The number of rotatable bonds is 13. The SMILES string of the molecule is CCCCN(CCCC)c1nc(Cc2cc(OC)ccc2O)nc(Nc2cc(OC)ccc2O)n1. The maximum Gasteiger partial charge on any atom is 0.232 e. The summed E-state index contributed by atoms with van der Waals surface area (Å²) in [6.45, 7) is 5.96. The van der Waals surface area contributed by atoms with Crippen molar-refractivity contribution in [3.05, 3.63) is 47.8 Å². The highest BCUT2D eigenvalue weighted by molar-refractivity contribution is 5.64.